The van der Waals surface area contributed by atoms with E-state index < -0.39 is 0 Å². The van der Waals surface area contributed by atoms with Gasteiger partial charge in [0.25, 0.3) is 0 Å². The van der Waals surface area contributed by atoms with Gasteiger partial charge in [-0.25, -0.2) is 0 Å². The van der Waals surface area contributed by atoms with E-state index in [-0.39, 0.29) is 0 Å². The molecule has 1 aromatic carbocycles. The molecule has 4 heteroatoms. The highest BCUT2D eigenvalue weighted by molar-refractivity contribution is 6.30. The van der Waals surface area contributed by atoms with E-state index >= 15 is 0 Å². The van der Waals surface area contributed by atoms with Crippen LogP contribution >= 0.6 is 11.6 Å². The molecule has 0 aliphatic carbocycles. The Labute approximate surface area is 75.6 Å². The molecule has 0 N–H and O–H groups in total. The van der Waals surface area contributed by atoms with Crippen LogP contribution in [0.1, 0.15) is 5.56 Å². The number of nitrogens with zero attached hydrogens (tertiary/aromatic N) is 3. The van der Waals surface area contributed by atoms with E-state index in [4.69, 9.17) is 17.1 Å². The third-order valence-corrected chi connectivity index (χ3v) is 1.73. The molecule has 0 unspecified atom stereocenters. The molecule has 1 aromatic rings. The van der Waals surface area contributed by atoms with Gasteiger partial charge in [0.1, 0.15) is 0 Å². The average molecular weight is 182 g/mol. The third-order valence-electron chi connectivity index (χ3n) is 1.48. The minimum atomic E-state index is 0.498. The average Bonchev–Trinajstić information content (AvgIpc) is 2.09. The molecule has 0 aliphatic heterocycles. The zero-order chi connectivity index (χ0) is 8.81. The molecule has 0 saturated carbocycles. The van der Waals surface area contributed by atoms with Crippen molar-refractivity contribution >= 4 is 11.6 Å². The van der Waals surface area contributed by atoms with Crippen LogP contribution in [0.3, 0.4) is 0 Å². The fraction of sp³-hybridized carbons (Fsp3) is 0.250. The lowest BCUT2D eigenvalue weighted by molar-refractivity contribution is 0.956. The number of rotatable bonds is 3. The van der Waals surface area contributed by atoms with Crippen molar-refractivity contribution in [1.29, 1.82) is 0 Å². The second kappa shape index (κ2) is 4.65. The summed E-state index contributed by atoms with van der Waals surface area (Å²) in [5.74, 6) is 0. The fourth-order valence-electron chi connectivity index (χ4n) is 0.875. The lowest BCUT2D eigenvalue weighted by atomic mass is 10.2. The monoisotopic (exact) mass is 181 g/mol. The normalized spacial score (nSPS) is 9.08. The Morgan fingerprint density at radius 3 is 2.58 bits per heavy atom. The van der Waals surface area contributed by atoms with E-state index in [9.17, 15) is 0 Å². The predicted octanol–water partition coefficient (Wildman–Crippen LogP) is 3.19. The lowest BCUT2D eigenvalue weighted by Gasteiger charge is -1.96. The van der Waals surface area contributed by atoms with E-state index in [0.717, 1.165) is 17.0 Å². The standard InChI is InChI=1S/C8H8ClN3/c9-8-3-1-7(2-4-8)5-6-11-12-10/h1-4H,5-6H2. The highest BCUT2D eigenvalue weighted by atomic mass is 35.5. The number of benzene rings is 1. The maximum absolute atomic E-state index is 8.03. The van der Waals surface area contributed by atoms with E-state index in [0.29, 0.717) is 6.54 Å². The summed E-state index contributed by atoms with van der Waals surface area (Å²) in [5, 5.41) is 4.16. The van der Waals surface area contributed by atoms with E-state index in [1.165, 1.54) is 0 Å². The molecule has 0 amide bonds. The third kappa shape index (κ3) is 2.82. The number of azide groups is 1. The van der Waals surface area contributed by atoms with Gasteiger partial charge in [0.2, 0.25) is 0 Å². The Hall–Kier alpha value is -1.18. The van der Waals surface area contributed by atoms with E-state index in [2.05, 4.69) is 10.0 Å². The SMILES string of the molecule is [N-]=[N+]=NCCc1ccc(Cl)cc1. The van der Waals surface area contributed by atoms with Crippen molar-refractivity contribution in [2.24, 2.45) is 5.11 Å². The molecule has 0 bridgehead atoms. The van der Waals surface area contributed by atoms with Crippen LogP contribution in [-0.4, -0.2) is 6.54 Å². The smallest absolute Gasteiger partial charge is 0.0406 e. The summed E-state index contributed by atoms with van der Waals surface area (Å²) in [6, 6.07) is 7.50. The molecule has 0 fully saturated rings. The largest absolute Gasteiger partial charge is 0.0936 e. The second-order valence-corrected chi connectivity index (χ2v) is 2.77. The van der Waals surface area contributed by atoms with Gasteiger partial charge < -0.3 is 0 Å². The second-order valence-electron chi connectivity index (χ2n) is 2.33. The highest BCUT2D eigenvalue weighted by Crippen LogP contribution is 2.09. The van der Waals surface area contributed by atoms with Crippen LogP contribution in [0.2, 0.25) is 5.02 Å². The number of hydrogen-bond acceptors (Lipinski definition) is 1. The van der Waals surface area contributed by atoms with Gasteiger partial charge in [0, 0.05) is 16.5 Å². The van der Waals surface area contributed by atoms with Crippen LogP contribution in [0.15, 0.2) is 29.4 Å². The summed E-state index contributed by atoms with van der Waals surface area (Å²) in [7, 11) is 0. The van der Waals surface area contributed by atoms with Crippen LogP contribution in [0.5, 0.6) is 0 Å². The zero-order valence-corrected chi connectivity index (χ0v) is 7.20. The molecular weight excluding hydrogens is 174 g/mol. The molecule has 0 heterocycles. The first-order valence-corrected chi connectivity index (χ1v) is 3.96. The molecule has 0 radical (unpaired) electrons. The lowest BCUT2D eigenvalue weighted by Crippen LogP contribution is -1.86. The fourth-order valence-corrected chi connectivity index (χ4v) is 1.00. The predicted molar refractivity (Wildman–Crippen MR) is 49.2 cm³/mol. The van der Waals surface area contributed by atoms with Gasteiger partial charge in [0.05, 0.1) is 0 Å². The molecule has 3 nitrogen and oxygen atoms in total. The van der Waals surface area contributed by atoms with Crippen molar-refractivity contribution < 1.29 is 0 Å². The van der Waals surface area contributed by atoms with Gasteiger partial charge in [-0.2, -0.15) is 0 Å². The van der Waals surface area contributed by atoms with E-state index in [1.54, 1.807) is 0 Å². The molecular formula is C8H8ClN3. The Morgan fingerprint density at radius 1 is 1.33 bits per heavy atom. The quantitative estimate of drug-likeness (QED) is 0.391. The van der Waals surface area contributed by atoms with Gasteiger partial charge in [-0.3, -0.25) is 0 Å². The first kappa shape index (κ1) is 8.91. The number of hydrogen-bond donors (Lipinski definition) is 0. The van der Waals surface area contributed by atoms with Crippen LogP contribution in [0, 0.1) is 0 Å². The van der Waals surface area contributed by atoms with Crippen LogP contribution in [0.4, 0.5) is 0 Å². The van der Waals surface area contributed by atoms with Crippen LogP contribution < -0.4 is 0 Å². The molecule has 0 atom stereocenters. The van der Waals surface area contributed by atoms with Crippen molar-refractivity contribution in [1.82, 2.24) is 0 Å². The minimum Gasteiger partial charge on any atom is -0.0936 e. The Balaban J connectivity index is 2.53. The molecule has 0 aliphatic rings. The van der Waals surface area contributed by atoms with Crippen molar-refractivity contribution in [3.8, 4) is 0 Å². The zero-order valence-electron chi connectivity index (χ0n) is 6.44. The highest BCUT2D eigenvalue weighted by Gasteiger charge is 1.90. The summed E-state index contributed by atoms with van der Waals surface area (Å²) in [6.45, 7) is 0.498. The van der Waals surface area contributed by atoms with Gasteiger partial charge in [-0.1, -0.05) is 28.8 Å². The topological polar surface area (TPSA) is 48.8 Å². The maximum Gasteiger partial charge on any atom is 0.0406 e. The van der Waals surface area contributed by atoms with Crippen LogP contribution in [-0.2, 0) is 6.42 Å². The van der Waals surface area contributed by atoms with Gasteiger partial charge in [-0.05, 0) is 29.6 Å². The summed E-state index contributed by atoms with van der Waals surface area (Å²) in [6.07, 6.45) is 0.765. The Morgan fingerprint density at radius 2 is 2.00 bits per heavy atom. The molecule has 62 valence electrons. The Bertz CT molecular complexity index is 288. The molecule has 0 aromatic heterocycles. The first-order chi connectivity index (χ1) is 5.83. The number of halogens is 1. The maximum atomic E-state index is 8.03. The minimum absolute atomic E-state index is 0.498. The van der Waals surface area contributed by atoms with Crippen molar-refractivity contribution in [2.75, 3.05) is 6.54 Å². The Kier molecular flexibility index (Phi) is 3.45. The van der Waals surface area contributed by atoms with Gasteiger partial charge in [0.15, 0.2) is 0 Å². The van der Waals surface area contributed by atoms with Crippen molar-refractivity contribution in [3.63, 3.8) is 0 Å². The molecule has 1 rings (SSSR count). The van der Waals surface area contributed by atoms with Crippen LogP contribution in [0.25, 0.3) is 10.4 Å². The summed E-state index contributed by atoms with van der Waals surface area (Å²) in [4.78, 5) is 2.67. The van der Waals surface area contributed by atoms with Crippen molar-refractivity contribution in [3.05, 3.63) is 45.3 Å². The summed E-state index contributed by atoms with van der Waals surface area (Å²) < 4.78 is 0. The van der Waals surface area contributed by atoms with Gasteiger partial charge >= 0.3 is 0 Å². The molecule has 0 spiro atoms. The van der Waals surface area contributed by atoms with Gasteiger partial charge in [-0.15, -0.1) is 0 Å². The summed E-state index contributed by atoms with van der Waals surface area (Å²) in [5.41, 5.74) is 9.16. The van der Waals surface area contributed by atoms with E-state index in [1.807, 2.05) is 24.3 Å². The molecule has 12 heavy (non-hydrogen) atoms. The molecule has 0 saturated heterocycles. The summed E-state index contributed by atoms with van der Waals surface area (Å²) >= 11 is 5.69. The van der Waals surface area contributed by atoms with Crippen molar-refractivity contribution in [2.45, 2.75) is 6.42 Å². The first-order valence-electron chi connectivity index (χ1n) is 3.58.